The lowest BCUT2D eigenvalue weighted by molar-refractivity contribution is -0.119. The first-order valence-electron chi connectivity index (χ1n) is 4.95. The smallest absolute Gasteiger partial charge is 0.321 e. The summed E-state index contributed by atoms with van der Waals surface area (Å²) < 4.78 is 0. The molecule has 0 aliphatic rings. The number of rotatable bonds is 4. The molecule has 0 bridgehead atoms. The number of hydrogen-bond donors (Lipinski definition) is 3. The average Bonchev–Trinajstić information content (AvgIpc) is 2.27. The standard InChI is InChI=1S/C11H14N2O2S/c14-10(13-11(15)12-6-7-16)8-9-4-2-1-3-5-9/h1-5,16H,6-8H2,(H2,12,13,14,15). The van der Waals surface area contributed by atoms with E-state index in [4.69, 9.17) is 0 Å². The van der Waals surface area contributed by atoms with Crippen LogP contribution in [0, 0.1) is 0 Å². The molecule has 0 unspecified atom stereocenters. The van der Waals surface area contributed by atoms with Gasteiger partial charge in [0.2, 0.25) is 5.91 Å². The van der Waals surface area contributed by atoms with Crippen molar-refractivity contribution in [1.82, 2.24) is 10.6 Å². The summed E-state index contributed by atoms with van der Waals surface area (Å²) in [6.07, 6.45) is 0.204. The van der Waals surface area contributed by atoms with Crippen LogP contribution in [-0.4, -0.2) is 24.2 Å². The predicted octanol–water partition coefficient (Wildman–Crippen LogP) is 0.985. The summed E-state index contributed by atoms with van der Waals surface area (Å²) in [6, 6.07) is 8.78. The van der Waals surface area contributed by atoms with E-state index in [9.17, 15) is 9.59 Å². The van der Waals surface area contributed by atoms with Crippen LogP contribution in [0.2, 0.25) is 0 Å². The third kappa shape index (κ3) is 4.84. The monoisotopic (exact) mass is 238 g/mol. The van der Waals surface area contributed by atoms with Crippen LogP contribution in [0.15, 0.2) is 30.3 Å². The Balaban J connectivity index is 2.34. The van der Waals surface area contributed by atoms with Gasteiger partial charge >= 0.3 is 6.03 Å². The van der Waals surface area contributed by atoms with Crippen molar-refractivity contribution in [2.75, 3.05) is 12.3 Å². The molecule has 1 aromatic carbocycles. The zero-order valence-electron chi connectivity index (χ0n) is 8.77. The minimum absolute atomic E-state index is 0.204. The first-order chi connectivity index (χ1) is 7.72. The summed E-state index contributed by atoms with van der Waals surface area (Å²) in [7, 11) is 0. The van der Waals surface area contributed by atoms with Gasteiger partial charge in [-0.05, 0) is 5.56 Å². The Morgan fingerprint density at radius 1 is 1.19 bits per heavy atom. The highest BCUT2D eigenvalue weighted by Gasteiger charge is 2.06. The summed E-state index contributed by atoms with van der Waals surface area (Å²) in [4.78, 5) is 22.5. The summed E-state index contributed by atoms with van der Waals surface area (Å²) in [6.45, 7) is 0.438. The van der Waals surface area contributed by atoms with E-state index in [1.54, 1.807) is 0 Å². The number of thiol groups is 1. The molecule has 0 saturated carbocycles. The molecule has 0 aliphatic heterocycles. The second-order valence-electron chi connectivity index (χ2n) is 3.19. The Bertz CT molecular complexity index is 354. The first-order valence-corrected chi connectivity index (χ1v) is 5.58. The van der Waals surface area contributed by atoms with Gasteiger partial charge in [-0.15, -0.1) is 0 Å². The van der Waals surface area contributed by atoms with Gasteiger partial charge < -0.3 is 5.32 Å². The molecule has 0 fully saturated rings. The number of urea groups is 1. The Morgan fingerprint density at radius 3 is 2.50 bits per heavy atom. The lowest BCUT2D eigenvalue weighted by atomic mass is 10.1. The molecular formula is C11H14N2O2S. The van der Waals surface area contributed by atoms with E-state index < -0.39 is 6.03 Å². The largest absolute Gasteiger partial charge is 0.337 e. The maximum atomic E-state index is 11.4. The molecule has 0 radical (unpaired) electrons. The first kappa shape index (κ1) is 12.6. The normalized spacial score (nSPS) is 9.56. The average molecular weight is 238 g/mol. The van der Waals surface area contributed by atoms with E-state index in [0.29, 0.717) is 12.3 Å². The van der Waals surface area contributed by atoms with Gasteiger partial charge in [-0.25, -0.2) is 4.79 Å². The van der Waals surface area contributed by atoms with E-state index in [-0.39, 0.29) is 12.3 Å². The van der Waals surface area contributed by atoms with Crippen molar-refractivity contribution in [2.45, 2.75) is 6.42 Å². The van der Waals surface area contributed by atoms with Gasteiger partial charge in [0.25, 0.3) is 0 Å². The predicted molar refractivity (Wildman–Crippen MR) is 65.5 cm³/mol. The Morgan fingerprint density at radius 2 is 1.88 bits per heavy atom. The van der Waals surface area contributed by atoms with Crippen molar-refractivity contribution in [3.05, 3.63) is 35.9 Å². The highest BCUT2D eigenvalue weighted by atomic mass is 32.1. The molecule has 2 N–H and O–H groups in total. The van der Waals surface area contributed by atoms with Crippen LogP contribution in [0.4, 0.5) is 4.79 Å². The van der Waals surface area contributed by atoms with E-state index in [1.807, 2.05) is 30.3 Å². The summed E-state index contributed by atoms with van der Waals surface area (Å²) in [5.74, 6) is 0.225. The van der Waals surface area contributed by atoms with Crippen molar-refractivity contribution >= 4 is 24.6 Å². The van der Waals surface area contributed by atoms with Crippen LogP contribution in [0.25, 0.3) is 0 Å². The molecule has 5 heteroatoms. The molecular weight excluding hydrogens is 224 g/mol. The van der Waals surface area contributed by atoms with Crippen molar-refractivity contribution in [1.29, 1.82) is 0 Å². The minimum atomic E-state index is -0.477. The number of nitrogens with one attached hydrogen (secondary N) is 2. The van der Waals surface area contributed by atoms with Crippen LogP contribution in [0.1, 0.15) is 5.56 Å². The molecule has 0 spiro atoms. The fourth-order valence-electron chi connectivity index (χ4n) is 1.17. The lowest BCUT2D eigenvalue weighted by Crippen LogP contribution is -2.40. The summed E-state index contributed by atoms with van der Waals surface area (Å²) in [5.41, 5.74) is 0.877. The SMILES string of the molecule is O=C(Cc1ccccc1)NC(=O)NCCS. The van der Waals surface area contributed by atoms with Gasteiger partial charge in [-0.1, -0.05) is 30.3 Å². The quantitative estimate of drug-likeness (QED) is 0.685. The van der Waals surface area contributed by atoms with Crippen LogP contribution in [-0.2, 0) is 11.2 Å². The number of carbonyl (C=O) groups is 2. The van der Waals surface area contributed by atoms with Crippen molar-refractivity contribution < 1.29 is 9.59 Å². The molecule has 16 heavy (non-hydrogen) atoms. The Labute approximate surface area is 99.8 Å². The van der Waals surface area contributed by atoms with Crippen LogP contribution >= 0.6 is 12.6 Å². The molecule has 86 valence electrons. The Kier molecular flexibility index (Phi) is 5.42. The van der Waals surface area contributed by atoms with Crippen LogP contribution in [0.3, 0.4) is 0 Å². The molecule has 1 aromatic rings. The highest BCUT2D eigenvalue weighted by Crippen LogP contribution is 1.98. The third-order valence-electron chi connectivity index (χ3n) is 1.86. The van der Waals surface area contributed by atoms with Crippen molar-refractivity contribution in [3.63, 3.8) is 0 Å². The summed E-state index contributed by atoms with van der Waals surface area (Å²) in [5, 5.41) is 4.74. The molecule has 0 aromatic heterocycles. The van der Waals surface area contributed by atoms with Gasteiger partial charge in [-0.3, -0.25) is 10.1 Å². The molecule has 4 nitrogen and oxygen atoms in total. The molecule has 0 saturated heterocycles. The maximum Gasteiger partial charge on any atom is 0.321 e. The topological polar surface area (TPSA) is 58.2 Å². The number of carbonyl (C=O) groups excluding carboxylic acids is 2. The van der Waals surface area contributed by atoms with Gasteiger partial charge in [0.1, 0.15) is 0 Å². The summed E-state index contributed by atoms with van der Waals surface area (Å²) >= 11 is 3.94. The van der Waals surface area contributed by atoms with E-state index >= 15 is 0 Å². The van der Waals surface area contributed by atoms with E-state index in [2.05, 4.69) is 23.3 Å². The molecule has 3 amide bonds. The number of amides is 3. The third-order valence-corrected chi connectivity index (χ3v) is 2.08. The fourth-order valence-corrected chi connectivity index (χ4v) is 1.28. The fraction of sp³-hybridized carbons (Fsp3) is 0.273. The van der Waals surface area contributed by atoms with Gasteiger partial charge in [-0.2, -0.15) is 12.6 Å². The number of imide groups is 1. The lowest BCUT2D eigenvalue weighted by Gasteiger charge is -2.05. The van der Waals surface area contributed by atoms with Gasteiger partial charge in [0.15, 0.2) is 0 Å². The van der Waals surface area contributed by atoms with Gasteiger partial charge in [0, 0.05) is 12.3 Å². The van der Waals surface area contributed by atoms with Crippen LogP contribution in [0.5, 0.6) is 0 Å². The highest BCUT2D eigenvalue weighted by molar-refractivity contribution is 7.80. The molecule has 0 atom stereocenters. The number of hydrogen-bond acceptors (Lipinski definition) is 3. The Hall–Kier alpha value is -1.49. The number of benzene rings is 1. The van der Waals surface area contributed by atoms with E-state index in [1.165, 1.54) is 0 Å². The van der Waals surface area contributed by atoms with Crippen LogP contribution < -0.4 is 10.6 Å². The van der Waals surface area contributed by atoms with Crippen molar-refractivity contribution in [2.24, 2.45) is 0 Å². The zero-order chi connectivity index (χ0) is 11.8. The second kappa shape index (κ2) is 6.90. The van der Waals surface area contributed by atoms with Gasteiger partial charge in [0.05, 0.1) is 6.42 Å². The molecule has 0 aliphatic carbocycles. The van der Waals surface area contributed by atoms with E-state index in [0.717, 1.165) is 5.56 Å². The van der Waals surface area contributed by atoms with Crippen molar-refractivity contribution in [3.8, 4) is 0 Å². The molecule has 0 heterocycles. The maximum absolute atomic E-state index is 11.4. The molecule has 1 rings (SSSR count). The minimum Gasteiger partial charge on any atom is -0.337 e. The zero-order valence-corrected chi connectivity index (χ0v) is 9.67. The second-order valence-corrected chi connectivity index (χ2v) is 3.64.